The Morgan fingerprint density at radius 1 is 0.878 bits per heavy atom. The average molecular weight is 608 g/mol. The molecule has 1 unspecified atom stereocenters. The van der Waals surface area contributed by atoms with E-state index < -0.39 is 30.3 Å². The zero-order chi connectivity index (χ0) is 31.9. The first-order valence-corrected chi connectivity index (χ1v) is 13.5. The lowest BCUT2D eigenvalue weighted by Crippen LogP contribution is -2.34. The van der Waals surface area contributed by atoms with Gasteiger partial charge in [0.1, 0.15) is 6.04 Å². The van der Waals surface area contributed by atoms with Crippen molar-refractivity contribution in [2.45, 2.75) is 116 Å². The number of nitrogens with one attached hydrogen (secondary N) is 1. The quantitative estimate of drug-likeness (QED) is 0.0897. The lowest BCUT2D eigenvalue weighted by Gasteiger charge is -2.10. The molecule has 0 radical (unpaired) electrons. The number of esters is 1. The molecule has 9 nitrogen and oxygen atoms in total. The number of nitrogens with zero attached hydrogens (tertiary/aromatic N) is 1. The zero-order valence-electron chi connectivity index (χ0n) is 23.5. The SMILES string of the molecule is CCCCC(C)CCCCCCCCCCOC(=O)[C@@H](N)Cc1c[nH]cn1.O=C(O)C(F)(F)F.O=C(O)C(F)(F)F. The van der Waals surface area contributed by atoms with Crippen LogP contribution in [0.25, 0.3) is 0 Å². The minimum absolute atomic E-state index is 0.328. The molecule has 0 aliphatic carbocycles. The number of carboxylic acids is 2. The summed E-state index contributed by atoms with van der Waals surface area (Å²) in [6.45, 7) is 5.14. The van der Waals surface area contributed by atoms with Gasteiger partial charge in [-0.15, -0.1) is 0 Å². The second-order valence-corrected chi connectivity index (χ2v) is 9.51. The summed E-state index contributed by atoms with van der Waals surface area (Å²) in [7, 11) is 0. The van der Waals surface area contributed by atoms with Gasteiger partial charge in [-0.2, -0.15) is 26.3 Å². The highest BCUT2D eigenvalue weighted by Crippen LogP contribution is 2.17. The Kier molecular flexibility index (Phi) is 22.4. The number of halogens is 6. The van der Waals surface area contributed by atoms with Gasteiger partial charge < -0.3 is 25.7 Å². The van der Waals surface area contributed by atoms with Crippen LogP contribution in [0.1, 0.15) is 96.6 Å². The van der Waals surface area contributed by atoms with Crippen LogP contribution in [0.2, 0.25) is 0 Å². The Bertz CT molecular complexity index is 796. The predicted molar refractivity (Wildman–Crippen MR) is 139 cm³/mol. The minimum Gasteiger partial charge on any atom is -0.475 e. The fourth-order valence-corrected chi connectivity index (χ4v) is 3.34. The molecule has 15 heteroatoms. The first-order chi connectivity index (χ1) is 19.0. The maximum absolute atomic E-state index is 11.8. The molecule has 240 valence electrons. The van der Waals surface area contributed by atoms with Gasteiger partial charge in [0.15, 0.2) is 0 Å². The van der Waals surface area contributed by atoms with Gasteiger partial charge in [0.25, 0.3) is 0 Å². The molecule has 0 aliphatic heterocycles. The molecule has 0 fully saturated rings. The second kappa shape index (κ2) is 22.8. The Morgan fingerprint density at radius 3 is 1.73 bits per heavy atom. The summed E-state index contributed by atoms with van der Waals surface area (Å²) in [6.07, 6.45) is 9.10. The van der Waals surface area contributed by atoms with Crippen LogP contribution in [0.4, 0.5) is 26.3 Å². The van der Waals surface area contributed by atoms with Gasteiger partial charge in [-0.05, 0) is 12.3 Å². The van der Waals surface area contributed by atoms with Crippen LogP contribution < -0.4 is 5.73 Å². The minimum atomic E-state index is -5.08. The number of carboxylic acid groups (broad SMARTS) is 2. The highest BCUT2D eigenvalue weighted by molar-refractivity contribution is 5.75. The van der Waals surface area contributed by atoms with Crippen molar-refractivity contribution in [2.75, 3.05) is 6.61 Å². The third-order valence-corrected chi connectivity index (χ3v) is 5.66. The van der Waals surface area contributed by atoms with Crippen molar-refractivity contribution in [3.8, 4) is 0 Å². The molecule has 2 atom stereocenters. The van der Waals surface area contributed by atoms with Crippen molar-refractivity contribution in [3.63, 3.8) is 0 Å². The maximum Gasteiger partial charge on any atom is 0.490 e. The number of rotatable bonds is 17. The zero-order valence-corrected chi connectivity index (χ0v) is 23.5. The molecule has 0 amide bonds. The Labute approximate surface area is 236 Å². The van der Waals surface area contributed by atoms with E-state index in [9.17, 15) is 31.1 Å². The Balaban J connectivity index is 0. The molecular formula is C26H43F6N3O6. The van der Waals surface area contributed by atoms with Gasteiger partial charge in [-0.3, -0.25) is 4.79 Å². The normalized spacial score (nSPS) is 12.7. The molecule has 1 aromatic rings. The van der Waals surface area contributed by atoms with Crippen molar-refractivity contribution < 1.29 is 55.7 Å². The van der Waals surface area contributed by atoms with Gasteiger partial charge in [-0.1, -0.05) is 84.5 Å². The number of aliphatic carboxylic acids is 2. The van der Waals surface area contributed by atoms with Crippen LogP contribution in [-0.4, -0.2) is 63.1 Å². The summed E-state index contributed by atoms with van der Waals surface area (Å²) in [5.74, 6) is -4.94. The molecule has 1 heterocycles. The summed E-state index contributed by atoms with van der Waals surface area (Å²) in [5.41, 5.74) is 6.63. The van der Waals surface area contributed by atoms with Crippen LogP contribution in [-0.2, 0) is 25.5 Å². The van der Waals surface area contributed by atoms with E-state index >= 15 is 0 Å². The number of H-pyrrole nitrogens is 1. The number of alkyl halides is 6. The van der Waals surface area contributed by atoms with Crippen molar-refractivity contribution in [1.29, 1.82) is 0 Å². The van der Waals surface area contributed by atoms with Gasteiger partial charge in [0.05, 0.1) is 18.6 Å². The summed E-state index contributed by atoms with van der Waals surface area (Å²) < 4.78 is 68.7. The number of carbonyl (C=O) groups excluding carboxylic acids is 1. The molecule has 0 saturated heterocycles. The number of aromatic amines is 1. The number of nitrogens with two attached hydrogens (primary N) is 1. The van der Waals surface area contributed by atoms with Crippen LogP contribution in [0.3, 0.4) is 0 Å². The van der Waals surface area contributed by atoms with Crippen molar-refractivity contribution in [3.05, 3.63) is 18.2 Å². The van der Waals surface area contributed by atoms with Gasteiger partial charge in [-0.25, -0.2) is 14.6 Å². The van der Waals surface area contributed by atoms with Gasteiger partial charge >= 0.3 is 30.3 Å². The number of aromatic nitrogens is 2. The van der Waals surface area contributed by atoms with Crippen LogP contribution >= 0.6 is 0 Å². The smallest absolute Gasteiger partial charge is 0.475 e. The molecule has 0 saturated carbocycles. The van der Waals surface area contributed by atoms with Crippen LogP contribution in [0.5, 0.6) is 0 Å². The number of hydrogen-bond donors (Lipinski definition) is 4. The average Bonchev–Trinajstić information content (AvgIpc) is 3.38. The first-order valence-electron chi connectivity index (χ1n) is 13.5. The number of imidazole rings is 1. The van der Waals surface area contributed by atoms with E-state index in [2.05, 4.69) is 23.8 Å². The van der Waals surface area contributed by atoms with Crippen LogP contribution in [0.15, 0.2) is 12.5 Å². The fraction of sp³-hybridized carbons (Fsp3) is 0.769. The molecule has 0 bridgehead atoms. The van der Waals surface area contributed by atoms with Gasteiger partial charge in [0, 0.05) is 12.6 Å². The summed E-state index contributed by atoms with van der Waals surface area (Å²) in [6, 6.07) is -0.627. The van der Waals surface area contributed by atoms with Crippen molar-refractivity contribution in [2.24, 2.45) is 11.7 Å². The molecule has 41 heavy (non-hydrogen) atoms. The molecule has 1 aromatic heterocycles. The number of unbranched alkanes of at least 4 members (excludes halogenated alkanes) is 8. The molecular weight excluding hydrogens is 564 g/mol. The summed E-state index contributed by atoms with van der Waals surface area (Å²) >= 11 is 0. The second-order valence-electron chi connectivity index (χ2n) is 9.51. The lowest BCUT2D eigenvalue weighted by molar-refractivity contribution is -0.193. The standard InChI is InChI=1S/C22H41N3O2.2C2HF3O2/c1-3-4-13-19(2)14-11-9-7-5-6-8-10-12-15-27-22(26)21(23)16-20-17-24-18-25-20;2*3-2(4,5)1(6)7/h17-19,21H,3-16,23H2,1-2H3,(H,24,25);2*(H,6,7)/t19?,21-;;/m0../s1. The van der Waals surface area contributed by atoms with Crippen LogP contribution in [0, 0.1) is 5.92 Å². The summed E-state index contributed by atoms with van der Waals surface area (Å²) in [4.78, 5) is 36.5. The fourth-order valence-electron chi connectivity index (χ4n) is 3.34. The third kappa shape index (κ3) is 25.8. The topological polar surface area (TPSA) is 156 Å². The van der Waals surface area contributed by atoms with E-state index in [1.807, 2.05) is 0 Å². The predicted octanol–water partition coefficient (Wildman–Crippen LogP) is 6.43. The van der Waals surface area contributed by atoms with Gasteiger partial charge in [0.2, 0.25) is 0 Å². The molecule has 1 rings (SSSR count). The number of ether oxygens (including phenoxy) is 1. The number of carbonyl (C=O) groups is 3. The summed E-state index contributed by atoms with van der Waals surface area (Å²) in [5, 5.41) is 14.2. The molecule has 0 aromatic carbocycles. The Morgan fingerprint density at radius 2 is 1.32 bits per heavy atom. The maximum atomic E-state index is 11.8. The van der Waals surface area contributed by atoms with E-state index in [1.54, 1.807) is 12.5 Å². The third-order valence-electron chi connectivity index (χ3n) is 5.66. The van der Waals surface area contributed by atoms with Crippen molar-refractivity contribution >= 4 is 17.9 Å². The first kappa shape index (κ1) is 40.3. The monoisotopic (exact) mass is 607 g/mol. The highest BCUT2D eigenvalue weighted by Gasteiger charge is 2.38. The van der Waals surface area contributed by atoms with E-state index in [1.165, 1.54) is 64.2 Å². The Hall–Kier alpha value is -2.84. The molecule has 5 N–H and O–H groups in total. The molecule has 0 aliphatic rings. The molecule has 0 spiro atoms. The van der Waals surface area contributed by atoms with E-state index in [-0.39, 0.29) is 5.97 Å². The van der Waals surface area contributed by atoms with Crippen molar-refractivity contribution in [1.82, 2.24) is 9.97 Å². The highest BCUT2D eigenvalue weighted by atomic mass is 19.4. The van der Waals surface area contributed by atoms with E-state index in [4.69, 9.17) is 30.3 Å². The van der Waals surface area contributed by atoms with E-state index in [0.29, 0.717) is 13.0 Å². The largest absolute Gasteiger partial charge is 0.490 e. The number of hydrogen-bond acceptors (Lipinski definition) is 6. The van der Waals surface area contributed by atoms with E-state index in [0.717, 1.165) is 24.5 Å². The lowest BCUT2D eigenvalue weighted by atomic mass is 9.97.